The Labute approximate surface area is 162 Å². The highest BCUT2D eigenvalue weighted by Crippen LogP contribution is 2.40. The second-order valence-electron chi connectivity index (χ2n) is 5.51. The fourth-order valence-electron chi connectivity index (χ4n) is 2.80. The number of piperazine rings is 1. The number of nitrogens with one attached hydrogen (secondary N) is 1. The fourth-order valence-corrected chi connectivity index (χ4v) is 3.02. The summed E-state index contributed by atoms with van der Waals surface area (Å²) in [5, 5.41) is 13.1. The van der Waals surface area contributed by atoms with E-state index >= 15 is 0 Å². The summed E-state index contributed by atoms with van der Waals surface area (Å²) in [6, 6.07) is 2.65. The van der Waals surface area contributed by atoms with E-state index < -0.39 is 18.6 Å². The highest BCUT2D eigenvalue weighted by Gasteiger charge is 2.32. The van der Waals surface area contributed by atoms with E-state index in [0.29, 0.717) is 18.7 Å². The molecule has 0 spiro atoms. The Balaban J connectivity index is 0.00000288. The van der Waals surface area contributed by atoms with Crippen molar-refractivity contribution in [3.8, 4) is 11.5 Å². The quantitative estimate of drug-likeness (QED) is 0.743. The molecule has 146 valence electrons. The summed E-state index contributed by atoms with van der Waals surface area (Å²) in [7, 11) is 1.38. The Morgan fingerprint density at radius 1 is 1.28 bits per heavy atom. The lowest BCUT2D eigenvalue weighted by Gasteiger charge is -2.35. The number of phenols is 1. The summed E-state index contributed by atoms with van der Waals surface area (Å²) >= 11 is 5.99. The van der Waals surface area contributed by atoms with Crippen LogP contribution in [0.1, 0.15) is 24.4 Å². The van der Waals surface area contributed by atoms with Gasteiger partial charge in [0.05, 0.1) is 12.1 Å². The summed E-state index contributed by atoms with van der Waals surface area (Å²) in [6.45, 7) is 2.77. The molecule has 0 amide bonds. The molecule has 4 nitrogen and oxygen atoms in total. The highest BCUT2D eigenvalue weighted by atomic mass is 35.5. The Hall–Kier alpha value is -0.600. The number of hydrogen-bond acceptors (Lipinski definition) is 4. The van der Waals surface area contributed by atoms with E-state index in [1.54, 1.807) is 6.07 Å². The minimum absolute atomic E-state index is 0. The summed E-state index contributed by atoms with van der Waals surface area (Å²) in [5.74, 6) is -0.0348. The normalized spacial score (nSPS) is 16.5. The van der Waals surface area contributed by atoms with Gasteiger partial charge in [0, 0.05) is 38.6 Å². The predicted molar refractivity (Wildman–Crippen MR) is 96.6 cm³/mol. The third kappa shape index (κ3) is 6.90. The van der Waals surface area contributed by atoms with E-state index in [1.807, 2.05) is 4.90 Å². The van der Waals surface area contributed by atoms with E-state index in [2.05, 4.69) is 5.32 Å². The van der Waals surface area contributed by atoms with Gasteiger partial charge in [-0.15, -0.1) is 24.8 Å². The molecule has 0 aliphatic carbocycles. The monoisotopic (exact) mass is 424 g/mol. The van der Waals surface area contributed by atoms with E-state index in [1.165, 1.54) is 13.2 Å². The van der Waals surface area contributed by atoms with Crippen LogP contribution in [-0.2, 0) is 0 Å². The number of phenolic OH excluding ortho intramolecular Hbond substituents is 1. The number of halogens is 6. The maximum atomic E-state index is 12.7. The zero-order valence-corrected chi connectivity index (χ0v) is 16.0. The second-order valence-corrected chi connectivity index (χ2v) is 5.92. The summed E-state index contributed by atoms with van der Waals surface area (Å²) in [4.78, 5) is 2.00. The molecule has 0 aromatic heterocycles. The van der Waals surface area contributed by atoms with Crippen molar-refractivity contribution in [1.82, 2.24) is 10.2 Å². The molecular formula is C15H22Cl3F3N2O2. The average molecular weight is 426 g/mol. The molecule has 10 heteroatoms. The third-order valence-corrected chi connectivity index (χ3v) is 4.24. The lowest BCUT2D eigenvalue weighted by molar-refractivity contribution is -0.138. The topological polar surface area (TPSA) is 44.7 Å². The molecular weight excluding hydrogens is 404 g/mol. The Kier molecular flexibility index (Phi) is 10.3. The molecule has 0 radical (unpaired) electrons. The number of rotatable bonds is 5. The van der Waals surface area contributed by atoms with Gasteiger partial charge in [0.25, 0.3) is 0 Å². The van der Waals surface area contributed by atoms with Gasteiger partial charge in [-0.2, -0.15) is 13.2 Å². The van der Waals surface area contributed by atoms with Gasteiger partial charge in [-0.05, 0) is 24.1 Å². The fraction of sp³-hybridized carbons (Fsp3) is 0.600. The Morgan fingerprint density at radius 2 is 1.88 bits per heavy atom. The number of hydrogen-bond donors (Lipinski definition) is 2. The van der Waals surface area contributed by atoms with Gasteiger partial charge < -0.3 is 15.2 Å². The van der Waals surface area contributed by atoms with Gasteiger partial charge in [0.1, 0.15) is 0 Å². The molecule has 1 aromatic rings. The van der Waals surface area contributed by atoms with Crippen LogP contribution in [0.15, 0.2) is 12.1 Å². The molecule has 0 bridgehead atoms. The lowest BCUT2D eigenvalue weighted by Crippen LogP contribution is -2.45. The molecule has 1 saturated heterocycles. The van der Waals surface area contributed by atoms with Crippen molar-refractivity contribution in [2.24, 2.45) is 0 Å². The molecule has 2 N–H and O–H groups in total. The van der Waals surface area contributed by atoms with Crippen molar-refractivity contribution in [2.45, 2.75) is 25.1 Å². The summed E-state index contributed by atoms with van der Waals surface area (Å²) in [5.41, 5.74) is 0.621. The number of ether oxygens (including phenoxy) is 1. The van der Waals surface area contributed by atoms with Crippen molar-refractivity contribution < 1.29 is 23.0 Å². The lowest BCUT2D eigenvalue weighted by atomic mass is 9.98. The first-order valence-electron chi connectivity index (χ1n) is 7.39. The number of alkyl halides is 3. The van der Waals surface area contributed by atoms with E-state index in [-0.39, 0.29) is 47.8 Å². The molecule has 1 aliphatic rings. The zero-order valence-electron chi connectivity index (χ0n) is 13.6. The molecule has 2 rings (SSSR count). The van der Waals surface area contributed by atoms with Crippen LogP contribution in [0.5, 0.6) is 11.5 Å². The zero-order chi connectivity index (χ0) is 17.0. The standard InChI is InChI=1S/C15H20ClF3N2O2.2ClH/c1-23-13-9-10(8-11(16)14(13)22)12(2-3-15(17,18)19)21-6-4-20-5-7-21;;/h8-9,12,20,22H,2-7H2,1H3;2*1H/t12-;;/m1../s1. The largest absolute Gasteiger partial charge is 0.503 e. The third-order valence-electron chi connectivity index (χ3n) is 3.95. The number of nitrogens with zero attached hydrogens (tertiary/aromatic N) is 1. The summed E-state index contributed by atoms with van der Waals surface area (Å²) < 4.78 is 43.1. The van der Waals surface area contributed by atoms with Gasteiger partial charge in [-0.25, -0.2) is 0 Å². The van der Waals surface area contributed by atoms with E-state index in [4.69, 9.17) is 16.3 Å². The average Bonchev–Trinajstić information content (AvgIpc) is 2.50. The minimum atomic E-state index is -4.21. The van der Waals surface area contributed by atoms with Crippen molar-refractivity contribution in [1.29, 1.82) is 0 Å². The molecule has 1 atom stereocenters. The second kappa shape index (κ2) is 10.5. The van der Waals surface area contributed by atoms with Crippen molar-refractivity contribution >= 4 is 36.4 Å². The maximum absolute atomic E-state index is 12.7. The number of aromatic hydroxyl groups is 1. The van der Waals surface area contributed by atoms with E-state index in [0.717, 1.165) is 13.1 Å². The maximum Gasteiger partial charge on any atom is 0.389 e. The first-order chi connectivity index (χ1) is 10.8. The van der Waals surface area contributed by atoms with Gasteiger partial charge in [-0.3, -0.25) is 4.90 Å². The van der Waals surface area contributed by atoms with Crippen LogP contribution in [0.2, 0.25) is 5.02 Å². The summed E-state index contributed by atoms with van der Waals surface area (Å²) in [6.07, 6.45) is -5.15. The van der Waals surface area contributed by atoms with Gasteiger partial charge in [0.2, 0.25) is 0 Å². The first kappa shape index (κ1) is 24.4. The van der Waals surface area contributed by atoms with Crippen LogP contribution < -0.4 is 10.1 Å². The Morgan fingerprint density at radius 3 is 2.40 bits per heavy atom. The van der Waals surface area contributed by atoms with E-state index in [9.17, 15) is 18.3 Å². The van der Waals surface area contributed by atoms with Crippen molar-refractivity contribution in [2.75, 3.05) is 33.3 Å². The predicted octanol–water partition coefficient (Wildman–Crippen LogP) is 4.19. The highest BCUT2D eigenvalue weighted by molar-refractivity contribution is 6.32. The van der Waals surface area contributed by atoms with Gasteiger partial charge in [0.15, 0.2) is 11.5 Å². The van der Waals surface area contributed by atoms with Crippen molar-refractivity contribution in [3.05, 3.63) is 22.7 Å². The molecule has 1 aliphatic heterocycles. The van der Waals surface area contributed by atoms with Crippen LogP contribution in [0, 0.1) is 0 Å². The molecule has 25 heavy (non-hydrogen) atoms. The smallest absolute Gasteiger partial charge is 0.389 e. The molecule has 1 heterocycles. The Bertz CT molecular complexity index is 541. The van der Waals surface area contributed by atoms with Gasteiger partial charge >= 0.3 is 6.18 Å². The van der Waals surface area contributed by atoms with Crippen LogP contribution in [0.4, 0.5) is 13.2 Å². The van der Waals surface area contributed by atoms with Crippen LogP contribution in [0.3, 0.4) is 0 Å². The molecule has 1 aromatic carbocycles. The van der Waals surface area contributed by atoms with Crippen molar-refractivity contribution in [3.63, 3.8) is 0 Å². The number of benzene rings is 1. The SMILES string of the molecule is COc1cc([C@@H](CCC(F)(F)F)N2CCNCC2)cc(Cl)c1O.Cl.Cl. The van der Waals surface area contributed by atoms with Crippen LogP contribution in [-0.4, -0.2) is 49.5 Å². The molecule has 0 unspecified atom stereocenters. The van der Waals surface area contributed by atoms with Crippen LogP contribution in [0.25, 0.3) is 0 Å². The first-order valence-corrected chi connectivity index (χ1v) is 7.77. The minimum Gasteiger partial charge on any atom is -0.503 e. The van der Waals surface area contributed by atoms with Crippen LogP contribution >= 0.6 is 36.4 Å². The molecule has 1 fully saturated rings. The molecule has 0 saturated carbocycles. The van der Waals surface area contributed by atoms with Gasteiger partial charge in [-0.1, -0.05) is 11.6 Å². The number of methoxy groups -OCH3 is 1.